The molecule has 0 saturated carbocycles. The fraction of sp³-hybridized carbons (Fsp3) is 0.355. The zero-order valence-corrected chi connectivity index (χ0v) is 23.8. The lowest BCUT2D eigenvalue weighted by atomic mass is 9.94. The summed E-state index contributed by atoms with van der Waals surface area (Å²) in [4.78, 5) is 45.5. The minimum Gasteiger partial charge on any atom is -0.507 e. The molecule has 2 aliphatic heterocycles. The van der Waals surface area contributed by atoms with Crippen LogP contribution in [0, 0.1) is 6.92 Å². The van der Waals surface area contributed by atoms with Crippen LogP contribution in [0.25, 0.3) is 5.76 Å². The molecule has 0 radical (unpaired) electrons. The van der Waals surface area contributed by atoms with E-state index in [9.17, 15) is 19.5 Å². The van der Waals surface area contributed by atoms with Crippen molar-refractivity contribution in [2.45, 2.75) is 65.5 Å². The highest BCUT2D eigenvalue weighted by Gasteiger charge is 2.48. The maximum atomic E-state index is 13.6. The van der Waals surface area contributed by atoms with Gasteiger partial charge in [-0.2, -0.15) is 0 Å². The van der Waals surface area contributed by atoms with Gasteiger partial charge in [-0.1, -0.05) is 43.2 Å². The highest BCUT2D eigenvalue weighted by molar-refractivity contribution is 7.18. The minimum atomic E-state index is -0.965. The van der Waals surface area contributed by atoms with Gasteiger partial charge in [0, 0.05) is 18.9 Å². The smallest absolute Gasteiger partial charge is 0.301 e. The predicted molar refractivity (Wildman–Crippen MR) is 153 cm³/mol. The summed E-state index contributed by atoms with van der Waals surface area (Å²) >= 11 is 1.06. The molecule has 2 aromatic carbocycles. The molecule has 1 N–H and O–H groups in total. The van der Waals surface area contributed by atoms with E-state index in [1.807, 2.05) is 13.0 Å². The van der Waals surface area contributed by atoms with Crippen LogP contribution in [-0.4, -0.2) is 40.3 Å². The molecule has 40 heavy (non-hydrogen) atoms. The molecule has 208 valence electrons. The normalized spacial score (nSPS) is 19.6. The topological polar surface area (TPSA) is 106 Å². The molecule has 0 spiro atoms. The summed E-state index contributed by atoms with van der Waals surface area (Å²) in [7, 11) is 0. The molecule has 2 atom stereocenters. The Balaban J connectivity index is 1.63. The van der Waals surface area contributed by atoms with Gasteiger partial charge >= 0.3 is 5.91 Å². The first-order valence-corrected chi connectivity index (χ1v) is 14.3. The number of aliphatic hydroxyl groups is 1. The number of hydrogen-bond acceptors (Lipinski definition) is 8. The lowest BCUT2D eigenvalue weighted by Crippen LogP contribution is -2.29. The van der Waals surface area contributed by atoms with E-state index in [0.717, 1.165) is 41.9 Å². The second-order valence-corrected chi connectivity index (χ2v) is 11.2. The van der Waals surface area contributed by atoms with E-state index in [4.69, 9.17) is 9.47 Å². The number of amides is 1. The van der Waals surface area contributed by atoms with Crippen LogP contribution in [0.2, 0.25) is 0 Å². The predicted octanol–water partition coefficient (Wildman–Crippen LogP) is 6.17. The van der Waals surface area contributed by atoms with Gasteiger partial charge < -0.3 is 14.6 Å². The maximum absolute atomic E-state index is 13.6. The quantitative estimate of drug-likeness (QED) is 0.110. The van der Waals surface area contributed by atoms with Gasteiger partial charge in [-0.15, -0.1) is 0 Å². The number of thiazole rings is 1. The molecule has 5 rings (SSSR count). The number of ether oxygens (including phenoxy) is 2. The number of hydrogen-bond donors (Lipinski definition) is 1. The lowest BCUT2D eigenvalue weighted by Gasteiger charge is -2.23. The molecule has 0 aliphatic carbocycles. The van der Waals surface area contributed by atoms with E-state index in [1.54, 1.807) is 43.3 Å². The van der Waals surface area contributed by atoms with Crippen molar-refractivity contribution >= 4 is 39.7 Å². The van der Waals surface area contributed by atoms with Crippen LogP contribution in [-0.2, 0) is 16.0 Å². The van der Waals surface area contributed by atoms with Gasteiger partial charge in [0.15, 0.2) is 10.9 Å². The third-order valence-corrected chi connectivity index (χ3v) is 8.37. The van der Waals surface area contributed by atoms with E-state index >= 15 is 0 Å². The van der Waals surface area contributed by atoms with Crippen LogP contribution in [0.3, 0.4) is 0 Å². The summed E-state index contributed by atoms with van der Waals surface area (Å²) in [6.45, 7) is 7.76. The van der Waals surface area contributed by atoms with Crippen molar-refractivity contribution < 1.29 is 29.0 Å². The second-order valence-electron chi connectivity index (χ2n) is 10.2. The second kappa shape index (κ2) is 11.3. The molecule has 0 bridgehead atoms. The Morgan fingerprint density at radius 1 is 1.20 bits per heavy atom. The Hall–Kier alpha value is -3.98. The van der Waals surface area contributed by atoms with Gasteiger partial charge in [-0.25, -0.2) is 4.98 Å². The van der Waals surface area contributed by atoms with Crippen LogP contribution >= 0.6 is 11.3 Å². The van der Waals surface area contributed by atoms with Gasteiger partial charge in [0.2, 0.25) is 0 Å². The third-order valence-electron chi connectivity index (χ3n) is 7.12. The molecule has 2 unspecified atom stereocenters. The Kier molecular flexibility index (Phi) is 7.76. The number of anilines is 1. The number of unbranched alkanes of at least 4 members (excludes halogenated alkanes) is 2. The number of benzene rings is 2. The number of carbonyl (C=O) groups is 3. The summed E-state index contributed by atoms with van der Waals surface area (Å²) in [5.74, 6) is -0.748. The fourth-order valence-corrected chi connectivity index (χ4v) is 6.19. The number of Topliss-reactive ketones (excluding diaryl/α,β-unsaturated/α-hetero) is 2. The average Bonchev–Trinajstić information content (AvgIpc) is 3.58. The molecule has 1 fully saturated rings. The van der Waals surface area contributed by atoms with Crippen molar-refractivity contribution in [1.29, 1.82) is 0 Å². The minimum absolute atomic E-state index is 0.0154. The van der Waals surface area contributed by atoms with Crippen molar-refractivity contribution in [2.75, 3.05) is 11.5 Å². The van der Waals surface area contributed by atoms with Crippen LogP contribution in [0.1, 0.15) is 78.1 Å². The summed E-state index contributed by atoms with van der Waals surface area (Å²) in [5, 5.41) is 11.8. The highest BCUT2D eigenvalue weighted by atomic mass is 32.1. The monoisotopic (exact) mass is 560 g/mol. The molecule has 3 aromatic rings. The summed E-state index contributed by atoms with van der Waals surface area (Å²) in [5.41, 5.74) is 2.37. The molecule has 1 saturated heterocycles. The first-order chi connectivity index (χ1) is 19.2. The molecule has 8 nitrogen and oxygen atoms in total. The van der Waals surface area contributed by atoms with Crippen LogP contribution < -0.4 is 14.4 Å². The number of aliphatic hydroxyl groups excluding tert-OH is 1. The van der Waals surface area contributed by atoms with Crippen molar-refractivity contribution in [2.24, 2.45) is 0 Å². The maximum Gasteiger partial charge on any atom is 0.301 e. The van der Waals surface area contributed by atoms with E-state index in [-0.39, 0.29) is 28.4 Å². The summed E-state index contributed by atoms with van der Waals surface area (Å²) in [6.07, 6.45) is 3.72. The Bertz CT molecular complexity index is 1520. The first-order valence-electron chi connectivity index (χ1n) is 13.5. The van der Waals surface area contributed by atoms with Crippen LogP contribution in [0.5, 0.6) is 11.5 Å². The number of aryl methyl sites for hydroxylation is 1. The Morgan fingerprint density at radius 3 is 2.73 bits per heavy atom. The Morgan fingerprint density at radius 2 is 2.00 bits per heavy atom. The fourth-order valence-electron chi connectivity index (χ4n) is 5.20. The SMILES string of the molecule is CCCCCOc1cccc(C2/C(=C(/O)c3ccc4c(c3)CC(C)O4)C(=O)C(=O)N2c2nc(C)c(C(C)=O)s2)c1. The Labute approximate surface area is 237 Å². The molecule has 9 heteroatoms. The number of carbonyl (C=O) groups excluding carboxylic acids is 3. The number of ketones is 2. The molecular formula is C31H32N2O6S. The van der Waals surface area contributed by atoms with E-state index < -0.39 is 17.7 Å². The number of fused-ring (bicyclic) bond motifs is 1. The summed E-state index contributed by atoms with van der Waals surface area (Å²) in [6, 6.07) is 11.5. The van der Waals surface area contributed by atoms with E-state index in [1.165, 1.54) is 11.8 Å². The molecule has 2 aliphatic rings. The standard InChI is InChI=1S/C31H32N2O6S/c1-5-6-7-13-38-23-10-8-9-20(16-23)26-25(27(35)21-11-12-24-22(15-21)14-17(2)39-24)28(36)30(37)33(26)31-32-18(3)29(40-31)19(4)34/h8-12,15-17,26,35H,5-7,13-14H2,1-4H3/b27-25-. The van der Waals surface area contributed by atoms with E-state index in [0.29, 0.717) is 40.5 Å². The number of rotatable bonds is 9. The van der Waals surface area contributed by atoms with Gasteiger partial charge in [0.1, 0.15) is 23.4 Å². The van der Waals surface area contributed by atoms with Crippen molar-refractivity contribution in [3.05, 3.63) is 75.3 Å². The van der Waals surface area contributed by atoms with Crippen LogP contribution in [0.4, 0.5) is 5.13 Å². The van der Waals surface area contributed by atoms with Gasteiger partial charge in [0.25, 0.3) is 5.78 Å². The number of aromatic nitrogens is 1. The zero-order valence-electron chi connectivity index (χ0n) is 23.0. The van der Waals surface area contributed by atoms with Crippen molar-refractivity contribution in [3.63, 3.8) is 0 Å². The lowest BCUT2D eigenvalue weighted by molar-refractivity contribution is -0.132. The molecule has 3 heterocycles. The van der Waals surface area contributed by atoms with Crippen molar-refractivity contribution in [3.8, 4) is 11.5 Å². The molecular weight excluding hydrogens is 528 g/mol. The third kappa shape index (κ3) is 5.13. The van der Waals surface area contributed by atoms with Gasteiger partial charge in [0.05, 0.1) is 28.8 Å². The van der Waals surface area contributed by atoms with Crippen molar-refractivity contribution in [1.82, 2.24) is 4.98 Å². The summed E-state index contributed by atoms with van der Waals surface area (Å²) < 4.78 is 11.7. The van der Waals surface area contributed by atoms with E-state index in [2.05, 4.69) is 11.9 Å². The molecule has 1 amide bonds. The molecule has 1 aromatic heterocycles. The largest absolute Gasteiger partial charge is 0.507 e. The first kappa shape index (κ1) is 27.6. The zero-order chi connectivity index (χ0) is 28.6. The van der Waals surface area contributed by atoms with Gasteiger partial charge in [-0.05, 0) is 61.7 Å². The van der Waals surface area contributed by atoms with Gasteiger partial charge in [-0.3, -0.25) is 19.3 Å². The average molecular weight is 561 g/mol. The van der Waals surface area contributed by atoms with Crippen LogP contribution in [0.15, 0.2) is 48.0 Å². The number of nitrogens with zero attached hydrogens (tertiary/aromatic N) is 2. The highest BCUT2D eigenvalue weighted by Crippen LogP contribution is 2.45.